The van der Waals surface area contributed by atoms with Crippen molar-refractivity contribution in [3.63, 3.8) is 0 Å². The largest absolute Gasteiger partial charge is 0.495 e. The van der Waals surface area contributed by atoms with Gasteiger partial charge in [-0.2, -0.15) is 8.78 Å². The van der Waals surface area contributed by atoms with Crippen molar-refractivity contribution in [3.05, 3.63) is 58.2 Å². The molecule has 1 heterocycles. The molecule has 0 atom stereocenters. The van der Waals surface area contributed by atoms with Gasteiger partial charge in [0.25, 0.3) is 5.91 Å². The van der Waals surface area contributed by atoms with E-state index in [0.717, 1.165) is 12.8 Å². The molecule has 3 rings (SSSR count). The maximum atomic E-state index is 13.4. The van der Waals surface area contributed by atoms with Crippen LogP contribution in [-0.4, -0.2) is 36.6 Å². The molecule has 0 radical (unpaired) electrons. The average molecular weight is 479 g/mol. The maximum Gasteiger partial charge on any atom is 0.387 e. The van der Waals surface area contributed by atoms with E-state index in [1.807, 2.05) is 6.92 Å². The highest BCUT2D eigenvalue weighted by Gasteiger charge is 2.23. The molecule has 176 valence electrons. The Morgan fingerprint density at radius 2 is 1.88 bits per heavy atom. The molecule has 1 aromatic heterocycles. The molecule has 3 aromatic rings. The van der Waals surface area contributed by atoms with Gasteiger partial charge in [0.05, 0.1) is 24.1 Å². The number of unbranched alkanes of at least 4 members (excludes halogenated alkanes) is 1. The van der Waals surface area contributed by atoms with Crippen LogP contribution in [-0.2, 0) is 11.2 Å². The Morgan fingerprint density at radius 3 is 2.48 bits per heavy atom. The second kappa shape index (κ2) is 10.7. The molecule has 1 amide bonds. The van der Waals surface area contributed by atoms with E-state index in [4.69, 9.17) is 16.3 Å². The summed E-state index contributed by atoms with van der Waals surface area (Å²) in [5.41, 5.74) is 2.05. The number of alkyl halides is 2. The summed E-state index contributed by atoms with van der Waals surface area (Å²) in [4.78, 5) is 25.9. The SMILES string of the molecule is CCCCNC(=O)Cc1c(C)n(C(=O)c2ccc(OC(F)F)cc2)c2cc(Cl)c(OC)cc12. The monoisotopic (exact) mass is 478 g/mol. The molecular weight excluding hydrogens is 454 g/mol. The lowest BCUT2D eigenvalue weighted by molar-refractivity contribution is -0.120. The molecule has 33 heavy (non-hydrogen) atoms. The van der Waals surface area contributed by atoms with E-state index < -0.39 is 6.61 Å². The fourth-order valence-corrected chi connectivity index (χ4v) is 3.89. The zero-order chi connectivity index (χ0) is 24.1. The summed E-state index contributed by atoms with van der Waals surface area (Å²) in [5, 5.41) is 3.88. The van der Waals surface area contributed by atoms with Gasteiger partial charge in [-0.1, -0.05) is 24.9 Å². The number of methoxy groups -OCH3 is 1. The molecular formula is C24H25ClF2N2O4. The van der Waals surface area contributed by atoms with Crippen LogP contribution in [0.3, 0.4) is 0 Å². The Morgan fingerprint density at radius 1 is 1.18 bits per heavy atom. The van der Waals surface area contributed by atoms with E-state index in [2.05, 4.69) is 10.1 Å². The number of carbonyl (C=O) groups excluding carboxylic acids is 2. The lowest BCUT2D eigenvalue weighted by atomic mass is 10.1. The Labute approximate surface area is 195 Å². The summed E-state index contributed by atoms with van der Waals surface area (Å²) in [6, 6.07) is 8.76. The molecule has 0 unspecified atom stereocenters. The highest BCUT2D eigenvalue weighted by molar-refractivity contribution is 6.33. The summed E-state index contributed by atoms with van der Waals surface area (Å²) < 4.78 is 36.0. The number of nitrogens with zero attached hydrogens (tertiary/aromatic N) is 1. The molecule has 0 saturated carbocycles. The minimum absolute atomic E-state index is 0.0483. The summed E-state index contributed by atoms with van der Waals surface area (Å²) >= 11 is 6.33. The van der Waals surface area contributed by atoms with Crippen LogP contribution in [0.25, 0.3) is 10.9 Å². The van der Waals surface area contributed by atoms with Gasteiger partial charge in [0.2, 0.25) is 5.91 Å². The Hall–Kier alpha value is -3.13. The topological polar surface area (TPSA) is 69.6 Å². The number of hydrogen-bond acceptors (Lipinski definition) is 4. The summed E-state index contributed by atoms with van der Waals surface area (Å²) in [5.74, 6) is -0.164. The van der Waals surface area contributed by atoms with Crippen molar-refractivity contribution >= 4 is 34.3 Å². The van der Waals surface area contributed by atoms with Crippen molar-refractivity contribution in [2.75, 3.05) is 13.7 Å². The number of carbonyl (C=O) groups is 2. The van der Waals surface area contributed by atoms with Crippen molar-refractivity contribution in [3.8, 4) is 11.5 Å². The summed E-state index contributed by atoms with van der Waals surface area (Å²) in [6.45, 7) is 1.41. The third-order valence-corrected chi connectivity index (χ3v) is 5.62. The highest BCUT2D eigenvalue weighted by atomic mass is 35.5. The van der Waals surface area contributed by atoms with Crippen molar-refractivity contribution in [2.45, 2.75) is 39.7 Å². The second-order valence-corrected chi connectivity index (χ2v) is 7.90. The first kappa shape index (κ1) is 24.5. The van der Waals surface area contributed by atoms with Crippen LogP contribution in [0, 0.1) is 6.92 Å². The van der Waals surface area contributed by atoms with Gasteiger partial charge in [-0.3, -0.25) is 14.2 Å². The number of benzene rings is 2. The molecule has 0 saturated heterocycles. The molecule has 2 aromatic carbocycles. The van der Waals surface area contributed by atoms with Gasteiger partial charge in [-0.15, -0.1) is 0 Å². The summed E-state index contributed by atoms with van der Waals surface area (Å²) in [7, 11) is 1.49. The van der Waals surface area contributed by atoms with Crippen LogP contribution in [0.15, 0.2) is 36.4 Å². The number of hydrogen-bond donors (Lipinski definition) is 1. The van der Waals surface area contributed by atoms with Crippen LogP contribution in [0.2, 0.25) is 5.02 Å². The predicted molar refractivity (Wildman–Crippen MR) is 123 cm³/mol. The van der Waals surface area contributed by atoms with Gasteiger partial charge in [-0.05, 0) is 55.3 Å². The number of rotatable bonds is 9. The Bertz CT molecular complexity index is 1160. The number of ether oxygens (including phenoxy) is 2. The van der Waals surface area contributed by atoms with Crippen molar-refractivity contribution in [2.24, 2.45) is 0 Å². The number of fused-ring (bicyclic) bond motifs is 1. The molecule has 1 N–H and O–H groups in total. The zero-order valence-electron chi connectivity index (χ0n) is 18.6. The molecule has 9 heteroatoms. The molecule has 0 aliphatic heterocycles. The molecule has 0 fully saturated rings. The molecule has 0 bridgehead atoms. The first-order chi connectivity index (χ1) is 15.8. The van der Waals surface area contributed by atoms with Crippen LogP contribution in [0.1, 0.15) is 41.4 Å². The minimum atomic E-state index is -2.95. The van der Waals surface area contributed by atoms with Crippen LogP contribution in [0.4, 0.5) is 8.78 Å². The third-order valence-electron chi connectivity index (χ3n) is 5.33. The third kappa shape index (κ3) is 5.45. The van der Waals surface area contributed by atoms with Gasteiger partial charge in [0.15, 0.2) is 0 Å². The quantitative estimate of drug-likeness (QED) is 0.420. The molecule has 0 aliphatic rings. The van der Waals surface area contributed by atoms with Crippen molar-refractivity contribution in [1.29, 1.82) is 0 Å². The van der Waals surface area contributed by atoms with Gasteiger partial charge < -0.3 is 14.8 Å². The van der Waals surface area contributed by atoms with E-state index >= 15 is 0 Å². The number of halogens is 3. The Kier molecular flexibility index (Phi) is 7.92. The van der Waals surface area contributed by atoms with Crippen molar-refractivity contribution < 1.29 is 27.8 Å². The van der Waals surface area contributed by atoms with E-state index in [1.165, 1.54) is 35.9 Å². The van der Waals surface area contributed by atoms with Crippen molar-refractivity contribution in [1.82, 2.24) is 9.88 Å². The van der Waals surface area contributed by atoms with Crippen LogP contribution in [0.5, 0.6) is 11.5 Å². The van der Waals surface area contributed by atoms with Crippen LogP contribution < -0.4 is 14.8 Å². The first-order valence-electron chi connectivity index (χ1n) is 10.5. The molecule has 0 spiro atoms. The lowest BCUT2D eigenvalue weighted by Gasteiger charge is -2.10. The minimum Gasteiger partial charge on any atom is -0.495 e. The van der Waals surface area contributed by atoms with Gasteiger partial charge >= 0.3 is 6.61 Å². The number of aromatic nitrogens is 1. The molecule has 0 aliphatic carbocycles. The van der Waals surface area contributed by atoms with Gasteiger partial charge in [-0.25, -0.2) is 0 Å². The molecule has 6 nitrogen and oxygen atoms in total. The lowest BCUT2D eigenvalue weighted by Crippen LogP contribution is -2.26. The highest BCUT2D eigenvalue weighted by Crippen LogP contribution is 2.35. The average Bonchev–Trinajstić information content (AvgIpc) is 3.03. The number of amides is 1. The fourth-order valence-electron chi connectivity index (χ4n) is 3.66. The van der Waals surface area contributed by atoms with Crippen LogP contribution >= 0.6 is 11.6 Å². The smallest absolute Gasteiger partial charge is 0.387 e. The second-order valence-electron chi connectivity index (χ2n) is 7.49. The normalized spacial score (nSPS) is 11.1. The predicted octanol–water partition coefficient (Wildman–Crippen LogP) is 5.36. The zero-order valence-corrected chi connectivity index (χ0v) is 19.3. The van der Waals surface area contributed by atoms with E-state index in [-0.39, 0.29) is 29.5 Å². The van der Waals surface area contributed by atoms with Gasteiger partial charge in [0.1, 0.15) is 11.5 Å². The maximum absolute atomic E-state index is 13.4. The summed E-state index contributed by atoms with van der Waals surface area (Å²) in [6.07, 6.45) is 1.92. The Balaban J connectivity index is 2.05. The van der Waals surface area contributed by atoms with E-state index in [0.29, 0.717) is 39.5 Å². The first-order valence-corrected chi connectivity index (χ1v) is 10.9. The van der Waals surface area contributed by atoms with E-state index in [9.17, 15) is 18.4 Å². The van der Waals surface area contributed by atoms with E-state index in [1.54, 1.807) is 19.1 Å². The van der Waals surface area contributed by atoms with Gasteiger partial charge in [0, 0.05) is 23.2 Å². The standard InChI is InChI=1S/C24H25ClF2N2O4/c1-4-5-10-28-22(30)12-17-14(2)29(20-13-19(25)21(32-3)11-18(17)20)23(31)15-6-8-16(9-7-15)33-24(26)27/h6-9,11,13,24H,4-5,10,12H2,1-3H3,(H,28,30). The fraction of sp³-hybridized carbons (Fsp3) is 0.333. The number of nitrogens with one attached hydrogen (secondary N) is 1.